The number of hydrogen-bond donors (Lipinski definition) is 1. The third-order valence-electron chi connectivity index (χ3n) is 2.12. The highest BCUT2D eigenvalue weighted by Crippen LogP contribution is 2.12. The van der Waals surface area contributed by atoms with E-state index in [1.807, 2.05) is 0 Å². The van der Waals surface area contributed by atoms with Crippen molar-refractivity contribution >= 4 is 17.7 Å². The number of nitrogens with one attached hydrogen (secondary N) is 1. The Kier molecular flexibility index (Phi) is 3.45. The second-order valence-electron chi connectivity index (χ2n) is 3.39. The highest BCUT2D eigenvalue weighted by molar-refractivity contribution is 5.77. The predicted octanol–water partition coefficient (Wildman–Crippen LogP) is 3.74. The highest BCUT2D eigenvalue weighted by Gasteiger charge is 1.91. The minimum Gasteiger partial charge on any atom is -0.346 e. The van der Waals surface area contributed by atoms with E-state index in [1.165, 1.54) is 30.6 Å². The van der Waals surface area contributed by atoms with Crippen molar-refractivity contribution in [2.75, 3.05) is 5.32 Å². The van der Waals surface area contributed by atoms with E-state index < -0.39 is 0 Å². The lowest BCUT2D eigenvalue weighted by Crippen LogP contribution is -1.93. The molecule has 0 atom stereocenters. The van der Waals surface area contributed by atoms with Crippen LogP contribution in [-0.4, -0.2) is 6.34 Å². The van der Waals surface area contributed by atoms with Crippen molar-refractivity contribution in [1.82, 2.24) is 0 Å². The third kappa shape index (κ3) is 3.38. The number of hydrogen-bond acceptors (Lipinski definition) is 1. The Hall–Kier alpha value is -2.23. The van der Waals surface area contributed by atoms with Crippen molar-refractivity contribution in [1.29, 1.82) is 0 Å². The number of nitrogens with zero attached hydrogens (tertiary/aromatic N) is 1. The summed E-state index contributed by atoms with van der Waals surface area (Å²) in [4.78, 5) is 4.07. The van der Waals surface area contributed by atoms with Gasteiger partial charge in [0.2, 0.25) is 0 Å². The summed E-state index contributed by atoms with van der Waals surface area (Å²) in [6.45, 7) is 0. The monoisotopic (exact) mass is 234 g/mol. The summed E-state index contributed by atoms with van der Waals surface area (Å²) >= 11 is 0. The molecule has 0 unspecified atom stereocenters. The molecule has 2 aromatic carbocycles. The van der Waals surface area contributed by atoms with Crippen molar-refractivity contribution < 1.29 is 8.78 Å². The van der Waals surface area contributed by atoms with E-state index in [9.17, 15) is 8.78 Å². The maximum atomic E-state index is 12.6. The van der Waals surface area contributed by atoms with Gasteiger partial charge < -0.3 is 5.32 Å². The fraction of sp³-hybridized carbons (Fsp3) is 0. The lowest BCUT2D eigenvalue weighted by Gasteiger charge is -1.99. The molecule has 2 rings (SSSR count). The topological polar surface area (TPSA) is 24.4 Å². The van der Waals surface area contributed by atoms with Gasteiger partial charge in [-0.2, -0.15) is 0 Å². The Labute approximate surface area is 97.6 Å². The molecule has 0 spiro atoms. The van der Waals surface area contributed by atoms with Gasteiger partial charge in [-0.15, -0.1) is 0 Å². The summed E-state index contributed by atoms with van der Waals surface area (Å²) in [6, 6.07) is 11.7. The first-order valence-corrected chi connectivity index (χ1v) is 5.04. The fourth-order valence-electron chi connectivity index (χ4n) is 1.25. The standard InChI is InChI=1S/C13H10F2N2/c14-10-1-5-12(6-2-10)16-9-17-13-7-3-11(15)4-8-13/h1-9H,(H,16,17)/i16+1,17+1. The molecule has 2 nitrogen and oxygen atoms in total. The van der Waals surface area contributed by atoms with E-state index in [0.717, 1.165) is 5.69 Å². The van der Waals surface area contributed by atoms with Crippen LogP contribution in [0.25, 0.3) is 0 Å². The summed E-state index contributed by atoms with van der Waals surface area (Å²) in [5, 5.41) is 2.88. The average molecular weight is 234 g/mol. The minimum atomic E-state index is -0.296. The Morgan fingerprint density at radius 2 is 1.35 bits per heavy atom. The van der Waals surface area contributed by atoms with Crippen molar-refractivity contribution in [3.8, 4) is 0 Å². The van der Waals surface area contributed by atoms with Crippen molar-refractivity contribution in [2.24, 2.45) is 4.99 Å². The van der Waals surface area contributed by atoms with Gasteiger partial charge in [-0.25, -0.2) is 13.8 Å². The van der Waals surface area contributed by atoms with Crippen LogP contribution in [0.15, 0.2) is 53.5 Å². The molecule has 0 heterocycles. The van der Waals surface area contributed by atoms with Gasteiger partial charge in [-0.3, -0.25) is 0 Å². The van der Waals surface area contributed by atoms with E-state index in [4.69, 9.17) is 0 Å². The Balaban J connectivity index is 1.97. The molecule has 0 aliphatic carbocycles. The summed E-state index contributed by atoms with van der Waals surface area (Å²) in [7, 11) is 0. The number of rotatable bonds is 3. The Bertz CT molecular complexity index is 504. The molecule has 0 aliphatic rings. The molecule has 0 aromatic heterocycles. The van der Waals surface area contributed by atoms with E-state index in [-0.39, 0.29) is 11.6 Å². The van der Waals surface area contributed by atoms with Gasteiger partial charge in [0.25, 0.3) is 0 Å². The molecule has 0 radical (unpaired) electrons. The van der Waals surface area contributed by atoms with Crippen LogP contribution in [0.5, 0.6) is 0 Å². The first kappa shape index (κ1) is 11.3. The van der Waals surface area contributed by atoms with Gasteiger partial charge in [-0.1, -0.05) is 0 Å². The smallest absolute Gasteiger partial charge is 0.123 e. The second kappa shape index (κ2) is 5.21. The molecular weight excluding hydrogens is 224 g/mol. The van der Waals surface area contributed by atoms with Gasteiger partial charge in [0, 0.05) is 5.69 Å². The molecule has 0 aliphatic heterocycles. The van der Waals surface area contributed by atoms with E-state index in [1.54, 1.807) is 24.3 Å². The van der Waals surface area contributed by atoms with E-state index >= 15 is 0 Å². The molecule has 0 bridgehead atoms. The van der Waals surface area contributed by atoms with Crippen LogP contribution in [0, 0.1) is 11.6 Å². The number of halogens is 2. The molecule has 0 fully saturated rings. The molecule has 0 saturated heterocycles. The average Bonchev–Trinajstić information content (AvgIpc) is 2.34. The van der Waals surface area contributed by atoms with Crippen LogP contribution in [0.2, 0.25) is 0 Å². The second-order valence-corrected chi connectivity index (χ2v) is 3.39. The van der Waals surface area contributed by atoms with Gasteiger partial charge in [0.1, 0.15) is 11.6 Å². The largest absolute Gasteiger partial charge is 0.346 e. The third-order valence-corrected chi connectivity index (χ3v) is 2.12. The highest BCUT2D eigenvalue weighted by atomic mass is 19.1. The lowest BCUT2D eigenvalue weighted by molar-refractivity contribution is 0.627. The Morgan fingerprint density at radius 3 is 1.94 bits per heavy atom. The molecule has 0 amide bonds. The lowest BCUT2D eigenvalue weighted by atomic mass is 10.3. The molecule has 86 valence electrons. The van der Waals surface area contributed by atoms with Gasteiger partial charge in [-0.05, 0) is 48.5 Å². The Morgan fingerprint density at radius 1 is 0.824 bits per heavy atom. The van der Waals surface area contributed by atoms with Crippen molar-refractivity contribution in [3.05, 3.63) is 60.2 Å². The summed E-state index contributed by atoms with van der Waals surface area (Å²) in [6.07, 6.45) is 1.47. The molecule has 1 N–H and O–H groups in total. The van der Waals surface area contributed by atoms with Crippen LogP contribution in [0.3, 0.4) is 0 Å². The van der Waals surface area contributed by atoms with E-state index in [2.05, 4.69) is 10.3 Å². The zero-order chi connectivity index (χ0) is 12.1. The maximum Gasteiger partial charge on any atom is 0.123 e. The van der Waals surface area contributed by atoms with Gasteiger partial charge >= 0.3 is 0 Å². The SMILES string of the molecule is Fc1ccc([15N]=C[15NH]c2ccc(F)cc2)cc1. The molecule has 2 aromatic rings. The first-order chi connectivity index (χ1) is 8.24. The molecule has 0 saturated carbocycles. The zero-order valence-corrected chi connectivity index (χ0v) is 8.90. The van der Waals surface area contributed by atoms with E-state index in [0.29, 0.717) is 5.69 Å². The van der Waals surface area contributed by atoms with Crippen molar-refractivity contribution in [3.63, 3.8) is 0 Å². The quantitative estimate of drug-likeness (QED) is 0.488. The molecule has 17 heavy (non-hydrogen) atoms. The first-order valence-electron chi connectivity index (χ1n) is 5.04. The van der Waals surface area contributed by atoms with Crippen molar-refractivity contribution in [2.45, 2.75) is 0 Å². The number of aliphatic imine (C=N–C) groups is 1. The number of benzene rings is 2. The number of anilines is 1. The minimum absolute atomic E-state index is 0.286. The van der Waals surface area contributed by atoms with Crippen LogP contribution in [0.1, 0.15) is 0 Å². The normalized spacial score (nSPS) is 10.7. The van der Waals surface area contributed by atoms with Crippen LogP contribution in [-0.2, 0) is 0 Å². The van der Waals surface area contributed by atoms with Crippen LogP contribution >= 0.6 is 0 Å². The molecular formula is C13H10F2N2. The van der Waals surface area contributed by atoms with Crippen LogP contribution < -0.4 is 5.32 Å². The van der Waals surface area contributed by atoms with Gasteiger partial charge in [0.05, 0.1) is 12.0 Å². The van der Waals surface area contributed by atoms with Crippen LogP contribution in [0.4, 0.5) is 20.2 Å². The van der Waals surface area contributed by atoms with Gasteiger partial charge in [0.15, 0.2) is 0 Å². The summed E-state index contributed by atoms with van der Waals surface area (Å²) < 4.78 is 25.2. The fourth-order valence-corrected chi connectivity index (χ4v) is 1.25. The maximum absolute atomic E-state index is 12.6. The molecule has 4 heteroatoms. The zero-order valence-electron chi connectivity index (χ0n) is 8.90. The summed E-state index contributed by atoms with van der Waals surface area (Å²) in [5.41, 5.74) is 1.37. The predicted molar refractivity (Wildman–Crippen MR) is 64.6 cm³/mol. The summed E-state index contributed by atoms with van der Waals surface area (Å²) in [5.74, 6) is -0.582.